The Bertz CT molecular complexity index is 848. The van der Waals surface area contributed by atoms with Crippen molar-refractivity contribution in [3.05, 3.63) is 114 Å². The summed E-state index contributed by atoms with van der Waals surface area (Å²) in [6.45, 7) is 2.38. The fraction of sp³-hybridized carbons (Fsp3) is 0.200. The first-order valence-corrected chi connectivity index (χ1v) is 9.56. The molecular weight excluding hydrogens is 330 g/mol. The van der Waals surface area contributed by atoms with Crippen molar-refractivity contribution < 1.29 is 5.11 Å². The Hall–Kier alpha value is -2.68. The Morgan fingerprint density at radius 1 is 0.741 bits per heavy atom. The summed E-state index contributed by atoms with van der Waals surface area (Å²) < 4.78 is 0. The van der Waals surface area contributed by atoms with Crippen molar-refractivity contribution in [2.45, 2.75) is 12.0 Å². The molecule has 0 atom stereocenters. The van der Waals surface area contributed by atoms with E-state index in [1.165, 1.54) is 11.1 Å². The minimum atomic E-state index is -1.01. The molecule has 0 aliphatic carbocycles. The first-order valence-electron chi connectivity index (χ1n) is 9.56. The van der Waals surface area contributed by atoms with Gasteiger partial charge in [-0.1, -0.05) is 97.1 Å². The Morgan fingerprint density at radius 2 is 1.26 bits per heavy atom. The first kappa shape index (κ1) is 17.7. The Morgan fingerprint density at radius 3 is 1.74 bits per heavy atom. The third-order valence-corrected chi connectivity index (χ3v) is 5.39. The van der Waals surface area contributed by atoms with Crippen LogP contribution in [-0.2, 0) is 5.60 Å². The quantitative estimate of drug-likeness (QED) is 0.716. The summed E-state index contributed by atoms with van der Waals surface area (Å²) in [5.74, 6) is 0. The molecular formula is C25H25NO. The summed E-state index contributed by atoms with van der Waals surface area (Å²) in [4.78, 5) is 2.34. The van der Waals surface area contributed by atoms with Gasteiger partial charge in [0.2, 0.25) is 0 Å². The monoisotopic (exact) mass is 355 g/mol. The molecule has 4 rings (SSSR count). The van der Waals surface area contributed by atoms with Crippen LogP contribution < -0.4 is 0 Å². The molecule has 0 saturated heterocycles. The number of hydrogen-bond acceptors (Lipinski definition) is 2. The van der Waals surface area contributed by atoms with Gasteiger partial charge in [-0.15, -0.1) is 0 Å². The van der Waals surface area contributed by atoms with Gasteiger partial charge in [-0.05, 0) is 28.7 Å². The summed E-state index contributed by atoms with van der Waals surface area (Å²) in [6, 6.07) is 30.6. The summed E-state index contributed by atoms with van der Waals surface area (Å²) in [6.07, 6.45) is 3.30. The van der Waals surface area contributed by atoms with Crippen molar-refractivity contribution in [2.24, 2.45) is 0 Å². The number of rotatable bonds is 5. The third-order valence-electron chi connectivity index (χ3n) is 5.39. The molecule has 27 heavy (non-hydrogen) atoms. The summed E-state index contributed by atoms with van der Waals surface area (Å²) in [5, 5.41) is 11.7. The molecule has 2 heteroatoms. The van der Waals surface area contributed by atoms with Gasteiger partial charge in [0.25, 0.3) is 0 Å². The van der Waals surface area contributed by atoms with Gasteiger partial charge in [-0.25, -0.2) is 0 Å². The van der Waals surface area contributed by atoms with Crippen LogP contribution in [0.4, 0.5) is 0 Å². The Balaban J connectivity index is 1.58. The van der Waals surface area contributed by atoms with Gasteiger partial charge < -0.3 is 5.11 Å². The normalized spacial score (nSPS) is 15.4. The molecule has 2 nitrogen and oxygen atoms in total. The summed E-state index contributed by atoms with van der Waals surface area (Å²) in [7, 11) is 0. The largest absolute Gasteiger partial charge is 0.379 e. The lowest BCUT2D eigenvalue weighted by Crippen LogP contribution is -2.43. The van der Waals surface area contributed by atoms with Crippen LogP contribution >= 0.6 is 0 Å². The van der Waals surface area contributed by atoms with E-state index in [4.69, 9.17) is 0 Å². The van der Waals surface area contributed by atoms with Crippen LogP contribution in [0.25, 0.3) is 5.57 Å². The van der Waals surface area contributed by atoms with E-state index >= 15 is 0 Å². The van der Waals surface area contributed by atoms with Crippen LogP contribution in [0.2, 0.25) is 0 Å². The minimum Gasteiger partial charge on any atom is -0.379 e. The molecule has 0 fully saturated rings. The van der Waals surface area contributed by atoms with E-state index in [9.17, 15) is 5.11 Å². The van der Waals surface area contributed by atoms with Crippen molar-refractivity contribution in [1.82, 2.24) is 4.90 Å². The van der Waals surface area contributed by atoms with E-state index in [0.29, 0.717) is 6.54 Å². The molecule has 1 N–H and O–H groups in total. The second-order valence-corrected chi connectivity index (χ2v) is 7.17. The fourth-order valence-electron chi connectivity index (χ4n) is 3.87. The lowest BCUT2D eigenvalue weighted by Gasteiger charge is -2.36. The van der Waals surface area contributed by atoms with Crippen molar-refractivity contribution in [3.63, 3.8) is 0 Å². The third kappa shape index (κ3) is 3.87. The molecule has 0 unspecified atom stereocenters. The van der Waals surface area contributed by atoms with E-state index < -0.39 is 5.60 Å². The van der Waals surface area contributed by atoms with E-state index in [1.54, 1.807) is 0 Å². The van der Waals surface area contributed by atoms with Crippen LogP contribution in [0.5, 0.6) is 0 Å². The second-order valence-electron chi connectivity index (χ2n) is 7.17. The van der Waals surface area contributed by atoms with Gasteiger partial charge in [-0.2, -0.15) is 0 Å². The maximum absolute atomic E-state index is 11.7. The van der Waals surface area contributed by atoms with Crippen LogP contribution in [0, 0.1) is 0 Å². The molecule has 0 aromatic heterocycles. The van der Waals surface area contributed by atoms with Gasteiger partial charge in [0.15, 0.2) is 0 Å². The fourth-order valence-corrected chi connectivity index (χ4v) is 3.87. The van der Waals surface area contributed by atoms with Crippen LogP contribution in [0.1, 0.15) is 23.1 Å². The minimum absolute atomic E-state index is 0.583. The summed E-state index contributed by atoms with van der Waals surface area (Å²) in [5.41, 5.74) is 3.57. The standard InChI is InChI=1S/C25H25NO/c27-25(23-12-6-2-7-13-23,24-14-8-3-9-15-24)20-26-18-16-22(17-19-26)21-10-4-1-5-11-21/h1-16,27H,17-20H2. The number of nitrogens with zero attached hydrogens (tertiary/aromatic N) is 1. The van der Waals surface area contributed by atoms with E-state index in [2.05, 4.69) is 41.3 Å². The van der Waals surface area contributed by atoms with Gasteiger partial charge in [0.05, 0.1) is 0 Å². The second kappa shape index (κ2) is 7.91. The molecule has 136 valence electrons. The zero-order chi connectivity index (χ0) is 18.5. The van der Waals surface area contributed by atoms with Crippen LogP contribution in [0.3, 0.4) is 0 Å². The zero-order valence-corrected chi connectivity index (χ0v) is 15.5. The van der Waals surface area contributed by atoms with Crippen molar-refractivity contribution >= 4 is 5.57 Å². The lowest BCUT2D eigenvalue weighted by molar-refractivity contribution is 0.0390. The highest BCUT2D eigenvalue weighted by atomic mass is 16.3. The number of hydrogen-bond donors (Lipinski definition) is 1. The Kier molecular flexibility index (Phi) is 5.19. The molecule has 0 bridgehead atoms. The molecule has 0 spiro atoms. The molecule has 1 aliphatic rings. The number of aliphatic hydroxyl groups is 1. The topological polar surface area (TPSA) is 23.5 Å². The lowest BCUT2D eigenvalue weighted by atomic mass is 9.85. The van der Waals surface area contributed by atoms with Crippen molar-refractivity contribution in [2.75, 3.05) is 19.6 Å². The highest BCUT2D eigenvalue weighted by Gasteiger charge is 2.34. The average molecular weight is 355 g/mol. The molecule has 0 amide bonds. The molecule has 0 saturated carbocycles. The SMILES string of the molecule is OC(CN1CC=C(c2ccccc2)CC1)(c1ccccc1)c1ccccc1. The molecule has 3 aromatic carbocycles. The maximum Gasteiger partial charge on any atom is 0.127 e. The maximum atomic E-state index is 11.7. The molecule has 3 aromatic rings. The van der Waals surface area contributed by atoms with Crippen LogP contribution in [-0.4, -0.2) is 29.6 Å². The van der Waals surface area contributed by atoms with E-state index in [-0.39, 0.29) is 0 Å². The van der Waals surface area contributed by atoms with Gasteiger partial charge >= 0.3 is 0 Å². The predicted molar refractivity (Wildman–Crippen MR) is 111 cm³/mol. The van der Waals surface area contributed by atoms with E-state index in [1.807, 2.05) is 60.7 Å². The van der Waals surface area contributed by atoms with Gasteiger partial charge in [-0.3, -0.25) is 4.90 Å². The van der Waals surface area contributed by atoms with Gasteiger partial charge in [0, 0.05) is 19.6 Å². The smallest absolute Gasteiger partial charge is 0.127 e. The molecule has 1 aliphatic heterocycles. The average Bonchev–Trinajstić information content (AvgIpc) is 2.76. The highest BCUT2D eigenvalue weighted by molar-refractivity contribution is 5.66. The zero-order valence-electron chi connectivity index (χ0n) is 15.5. The van der Waals surface area contributed by atoms with Crippen molar-refractivity contribution in [1.29, 1.82) is 0 Å². The van der Waals surface area contributed by atoms with Crippen LogP contribution in [0.15, 0.2) is 97.1 Å². The molecule has 0 radical (unpaired) electrons. The highest BCUT2D eigenvalue weighted by Crippen LogP contribution is 2.32. The Labute approximate surface area is 161 Å². The first-order chi connectivity index (χ1) is 13.3. The van der Waals surface area contributed by atoms with Crippen molar-refractivity contribution in [3.8, 4) is 0 Å². The van der Waals surface area contributed by atoms with Gasteiger partial charge in [0.1, 0.15) is 5.60 Å². The number of β-amino-alcohol motifs (C(OH)–C–C–N with tert-alkyl or cyclic N) is 1. The predicted octanol–water partition coefficient (Wildman–Crippen LogP) is 4.71. The molecule has 1 heterocycles. The van der Waals surface area contributed by atoms with E-state index in [0.717, 1.165) is 30.6 Å². The number of benzene rings is 3. The summed E-state index contributed by atoms with van der Waals surface area (Å²) >= 11 is 0.